The molecule has 1 heterocycles. The maximum absolute atomic E-state index is 12.0. The van der Waals surface area contributed by atoms with Crippen LogP contribution in [0.3, 0.4) is 0 Å². The fourth-order valence-electron chi connectivity index (χ4n) is 1.62. The van der Waals surface area contributed by atoms with E-state index in [2.05, 4.69) is 5.32 Å². The Balaban J connectivity index is 2.22. The monoisotopic (exact) mass is 267 g/mol. The lowest BCUT2D eigenvalue weighted by Gasteiger charge is -2.25. The highest BCUT2D eigenvalue weighted by molar-refractivity contribution is 6.33. The number of nitrogens with zero attached hydrogens (tertiary/aromatic N) is 1. The zero-order valence-corrected chi connectivity index (χ0v) is 10.0. The highest BCUT2D eigenvalue weighted by atomic mass is 35.5. The molecule has 1 fully saturated rings. The molecule has 0 saturated carbocycles. The number of piperazine rings is 1. The van der Waals surface area contributed by atoms with Crippen molar-refractivity contribution in [1.29, 1.82) is 0 Å². The quantitative estimate of drug-likeness (QED) is 0.554. The van der Waals surface area contributed by atoms with Crippen molar-refractivity contribution in [2.24, 2.45) is 0 Å². The molecule has 0 atom stereocenters. The van der Waals surface area contributed by atoms with E-state index < -0.39 is 17.7 Å². The number of imide groups is 1. The summed E-state index contributed by atoms with van der Waals surface area (Å²) in [6.45, 7) is -0.293. The van der Waals surface area contributed by atoms with E-state index >= 15 is 0 Å². The van der Waals surface area contributed by atoms with Gasteiger partial charge in [0.1, 0.15) is 13.1 Å². The summed E-state index contributed by atoms with van der Waals surface area (Å²) in [5.74, 6) is -1.43. The molecule has 0 radical (unpaired) electrons. The van der Waals surface area contributed by atoms with Gasteiger partial charge in [-0.1, -0.05) is 11.6 Å². The highest BCUT2D eigenvalue weighted by Gasteiger charge is 2.27. The number of carbonyl (C=O) groups excluding carboxylic acids is 3. The Morgan fingerprint density at radius 3 is 2.44 bits per heavy atom. The predicted octanol–water partition coefficient (Wildman–Crippen LogP) is 0.0208. The topological polar surface area (TPSA) is 92.5 Å². The van der Waals surface area contributed by atoms with Crippen molar-refractivity contribution in [3.63, 3.8) is 0 Å². The van der Waals surface area contributed by atoms with Crippen molar-refractivity contribution in [2.45, 2.75) is 0 Å². The van der Waals surface area contributed by atoms with Crippen LogP contribution < -0.4 is 11.1 Å². The van der Waals surface area contributed by atoms with Crippen LogP contribution in [0.5, 0.6) is 0 Å². The van der Waals surface area contributed by atoms with Gasteiger partial charge in [0, 0.05) is 5.56 Å². The number of amides is 3. The van der Waals surface area contributed by atoms with Crippen LogP contribution in [0.15, 0.2) is 18.2 Å². The largest absolute Gasteiger partial charge is 0.398 e. The minimum Gasteiger partial charge on any atom is -0.398 e. The van der Waals surface area contributed by atoms with Gasteiger partial charge in [-0.3, -0.25) is 19.7 Å². The predicted molar refractivity (Wildman–Crippen MR) is 64.9 cm³/mol. The molecule has 1 aliphatic heterocycles. The first-order valence-corrected chi connectivity index (χ1v) is 5.52. The molecule has 18 heavy (non-hydrogen) atoms. The Morgan fingerprint density at radius 1 is 1.28 bits per heavy atom. The molecule has 2 rings (SSSR count). The number of hydrogen-bond acceptors (Lipinski definition) is 4. The maximum atomic E-state index is 12.0. The summed E-state index contributed by atoms with van der Waals surface area (Å²) in [7, 11) is 0. The van der Waals surface area contributed by atoms with Gasteiger partial charge >= 0.3 is 0 Å². The van der Waals surface area contributed by atoms with Gasteiger partial charge in [0.05, 0.1) is 10.7 Å². The summed E-state index contributed by atoms with van der Waals surface area (Å²) >= 11 is 5.81. The molecule has 3 N–H and O–H groups in total. The number of anilines is 1. The van der Waals surface area contributed by atoms with Crippen molar-refractivity contribution in [3.8, 4) is 0 Å². The van der Waals surface area contributed by atoms with Crippen LogP contribution in [0.4, 0.5) is 5.69 Å². The van der Waals surface area contributed by atoms with Crippen molar-refractivity contribution < 1.29 is 14.4 Å². The lowest BCUT2D eigenvalue weighted by Crippen LogP contribution is -2.53. The second-order valence-electron chi connectivity index (χ2n) is 3.87. The van der Waals surface area contributed by atoms with E-state index in [0.29, 0.717) is 5.69 Å². The van der Waals surface area contributed by atoms with Gasteiger partial charge in [-0.05, 0) is 18.2 Å². The molecule has 0 bridgehead atoms. The Bertz CT molecular complexity index is 528. The van der Waals surface area contributed by atoms with Crippen LogP contribution in [-0.4, -0.2) is 35.7 Å². The van der Waals surface area contributed by atoms with Crippen molar-refractivity contribution >= 4 is 35.0 Å². The number of benzene rings is 1. The third-order valence-corrected chi connectivity index (χ3v) is 2.81. The van der Waals surface area contributed by atoms with Gasteiger partial charge < -0.3 is 10.6 Å². The van der Waals surface area contributed by atoms with Crippen LogP contribution in [0.1, 0.15) is 10.4 Å². The summed E-state index contributed by atoms with van der Waals surface area (Å²) in [6.07, 6.45) is 0. The first kappa shape index (κ1) is 12.4. The number of nitrogens with two attached hydrogens (primary N) is 1. The molecule has 6 nitrogen and oxygen atoms in total. The lowest BCUT2D eigenvalue weighted by molar-refractivity contribution is -0.135. The van der Waals surface area contributed by atoms with Gasteiger partial charge in [-0.25, -0.2) is 0 Å². The smallest absolute Gasteiger partial charge is 0.254 e. The van der Waals surface area contributed by atoms with Gasteiger partial charge in [-0.15, -0.1) is 0 Å². The fraction of sp³-hybridized carbons (Fsp3) is 0.182. The van der Waals surface area contributed by atoms with E-state index in [9.17, 15) is 14.4 Å². The normalized spacial score (nSPS) is 15.5. The first-order valence-electron chi connectivity index (χ1n) is 5.14. The molecule has 3 amide bonds. The van der Waals surface area contributed by atoms with E-state index in [1.54, 1.807) is 0 Å². The van der Waals surface area contributed by atoms with E-state index in [-0.39, 0.29) is 23.7 Å². The zero-order valence-electron chi connectivity index (χ0n) is 9.27. The third-order valence-electron chi connectivity index (χ3n) is 2.48. The van der Waals surface area contributed by atoms with Crippen LogP contribution in [-0.2, 0) is 9.59 Å². The average Bonchev–Trinajstić information content (AvgIpc) is 2.30. The molecule has 0 aromatic heterocycles. The van der Waals surface area contributed by atoms with E-state index in [1.165, 1.54) is 18.2 Å². The van der Waals surface area contributed by atoms with Crippen molar-refractivity contribution in [1.82, 2.24) is 10.2 Å². The Hall–Kier alpha value is -2.08. The molecule has 7 heteroatoms. The first-order chi connectivity index (χ1) is 8.47. The van der Waals surface area contributed by atoms with Gasteiger partial charge in [-0.2, -0.15) is 0 Å². The van der Waals surface area contributed by atoms with Crippen LogP contribution in [0.25, 0.3) is 0 Å². The molecular formula is C11H10ClN3O3. The molecule has 0 unspecified atom stereocenters. The maximum Gasteiger partial charge on any atom is 0.254 e. The molecule has 1 saturated heterocycles. The molecule has 0 spiro atoms. The summed E-state index contributed by atoms with van der Waals surface area (Å²) in [4.78, 5) is 35.5. The second-order valence-corrected chi connectivity index (χ2v) is 4.28. The molecule has 1 aliphatic rings. The molecule has 0 aliphatic carbocycles. The fourth-order valence-corrected chi connectivity index (χ4v) is 1.80. The second kappa shape index (κ2) is 4.66. The molecule has 1 aromatic carbocycles. The van der Waals surface area contributed by atoms with Gasteiger partial charge in [0.15, 0.2) is 0 Å². The average molecular weight is 268 g/mol. The highest BCUT2D eigenvalue weighted by Crippen LogP contribution is 2.20. The van der Waals surface area contributed by atoms with Gasteiger partial charge in [0.2, 0.25) is 11.8 Å². The number of carbonyl (C=O) groups is 3. The van der Waals surface area contributed by atoms with E-state index in [0.717, 1.165) is 4.90 Å². The van der Waals surface area contributed by atoms with Gasteiger partial charge in [0.25, 0.3) is 5.91 Å². The molecule has 1 aromatic rings. The summed E-state index contributed by atoms with van der Waals surface area (Å²) in [6, 6.07) is 4.41. The number of rotatable bonds is 1. The number of halogens is 1. The summed E-state index contributed by atoms with van der Waals surface area (Å²) in [5.41, 5.74) is 6.19. The minimum atomic E-state index is -0.499. The Morgan fingerprint density at radius 2 is 1.89 bits per heavy atom. The zero-order chi connectivity index (χ0) is 13.3. The van der Waals surface area contributed by atoms with Crippen LogP contribution in [0.2, 0.25) is 5.02 Å². The molecule has 94 valence electrons. The standard InChI is InChI=1S/C11H10ClN3O3/c12-7-3-6(1-2-8(7)13)11(18)15-4-9(16)14-10(17)5-15/h1-3H,4-5,13H2,(H,14,16,17). The summed E-state index contributed by atoms with van der Waals surface area (Å²) < 4.78 is 0. The Kier molecular flexibility index (Phi) is 3.20. The lowest BCUT2D eigenvalue weighted by atomic mass is 10.1. The third kappa shape index (κ3) is 2.43. The van der Waals surface area contributed by atoms with Crippen LogP contribution in [0, 0.1) is 0 Å². The minimum absolute atomic E-state index is 0.146. The number of nitrogens with one attached hydrogen (secondary N) is 1. The Labute approximate surface area is 108 Å². The van der Waals surface area contributed by atoms with E-state index in [1.807, 2.05) is 0 Å². The molecular weight excluding hydrogens is 258 g/mol. The van der Waals surface area contributed by atoms with Crippen LogP contribution >= 0.6 is 11.6 Å². The van der Waals surface area contributed by atoms with Crippen molar-refractivity contribution in [2.75, 3.05) is 18.8 Å². The number of nitrogen functional groups attached to an aromatic ring is 1. The van der Waals surface area contributed by atoms with Crippen molar-refractivity contribution in [3.05, 3.63) is 28.8 Å². The summed E-state index contributed by atoms with van der Waals surface area (Å²) in [5, 5.41) is 2.38. The van der Waals surface area contributed by atoms with E-state index in [4.69, 9.17) is 17.3 Å². The SMILES string of the molecule is Nc1ccc(C(=O)N2CC(=O)NC(=O)C2)cc1Cl. The number of hydrogen-bond donors (Lipinski definition) is 2.